The van der Waals surface area contributed by atoms with Gasteiger partial charge in [-0.1, -0.05) is 12.2 Å². The van der Waals surface area contributed by atoms with E-state index in [2.05, 4.69) is 11.0 Å². The van der Waals surface area contributed by atoms with E-state index in [9.17, 15) is 0 Å². The molecule has 0 spiro atoms. The van der Waals surface area contributed by atoms with Gasteiger partial charge in [0.25, 0.3) is 0 Å². The summed E-state index contributed by atoms with van der Waals surface area (Å²) in [5, 5.41) is 0. The molecule has 0 atom stereocenters. The highest BCUT2D eigenvalue weighted by molar-refractivity contribution is 6.18. The second-order valence-corrected chi connectivity index (χ2v) is 2.59. The van der Waals surface area contributed by atoms with Gasteiger partial charge >= 0.3 is 0 Å². The summed E-state index contributed by atoms with van der Waals surface area (Å²) in [6.07, 6.45) is 5.50. The summed E-state index contributed by atoms with van der Waals surface area (Å²) < 4.78 is 0. The van der Waals surface area contributed by atoms with E-state index in [-0.39, 0.29) is 0 Å². The fraction of sp³-hybridized carbons (Fsp3) is 0.714. The van der Waals surface area contributed by atoms with Crippen LogP contribution in [0, 0.1) is 0 Å². The van der Waals surface area contributed by atoms with Gasteiger partial charge < -0.3 is 0 Å². The third-order valence-corrected chi connectivity index (χ3v) is 1.75. The summed E-state index contributed by atoms with van der Waals surface area (Å²) in [6, 6.07) is 0. The van der Waals surface area contributed by atoms with E-state index in [1.165, 1.54) is 19.5 Å². The third-order valence-electron chi connectivity index (χ3n) is 1.57. The molecule has 0 unspecified atom stereocenters. The van der Waals surface area contributed by atoms with Crippen molar-refractivity contribution in [2.75, 3.05) is 25.5 Å². The number of allylic oxidation sites excluding steroid dienone is 1. The van der Waals surface area contributed by atoms with Crippen LogP contribution < -0.4 is 0 Å². The van der Waals surface area contributed by atoms with Gasteiger partial charge in [0.15, 0.2) is 0 Å². The highest BCUT2D eigenvalue weighted by Gasteiger charge is 2.10. The van der Waals surface area contributed by atoms with Crippen molar-refractivity contribution in [1.82, 2.24) is 4.90 Å². The van der Waals surface area contributed by atoms with Crippen LogP contribution in [0.2, 0.25) is 0 Å². The molecule has 0 bridgehead atoms. The van der Waals surface area contributed by atoms with Crippen molar-refractivity contribution in [2.45, 2.75) is 6.42 Å². The first-order valence-electron chi connectivity index (χ1n) is 3.37. The molecule has 0 saturated carbocycles. The highest BCUT2D eigenvalue weighted by Crippen LogP contribution is 2.03. The summed E-state index contributed by atoms with van der Waals surface area (Å²) in [5.74, 6) is 0.647. The number of likely N-dealkylation sites (tertiary alicyclic amines) is 1. The largest absolute Gasteiger partial charge is 0.300 e. The summed E-state index contributed by atoms with van der Waals surface area (Å²) >= 11 is 5.44. The third kappa shape index (κ3) is 2.37. The van der Waals surface area contributed by atoms with Crippen LogP contribution >= 0.6 is 11.6 Å². The summed E-state index contributed by atoms with van der Waals surface area (Å²) in [6.45, 7) is 3.63. The Morgan fingerprint density at radius 2 is 2.11 bits per heavy atom. The van der Waals surface area contributed by atoms with Crippen molar-refractivity contribution in [3.63, 3.8) is 0 Å². The van der Waals surface area contributed by atoms with Crippen LogP contribution in [0.5, 0.6) is 0 Å². The average Bonchev–Trinajstić information content (AvgIpc) is 1.76. The second kappa shape index (κ2) is 3.91. The minimum absolute atomic E-state index is 0.647. The van der Waals surface area contributed by atoms with Crippen LogP contribution in [0.1, 0.15) is 6.42 Å². The molecule has 0 aromatic carbocycles. The zero-order chi connectivity index (χ0) is 6.53. The number of rotatable bonds is 3. The summed E-state index contributed by atoms with van der Waals surface area (Å²) in [4.78, 5) is 2.39. The van der Waals surface area contributed by atoms with Gasteiger partial charge in [0.2, 0.25) is 0 Å². The Balaban J connectivity index is 1.97. The molecule has 52 valence electrons. The fourth-order valence-electron chi connectivity index (χ4n) is 0.851. The van der Waals surface area contributed by atoms with Crippen LogP contribution in [0.3, 0.4) is 0 Å². The van der Waals surface area contributed by atoms with Crippen molar-refractivity contribution < 1.29 is 0 Å². The number of hydrogen-bond donors (Lipinski definition) is 0. The van der Waals surface area contributed by atoms with E-state index in [0.717, 1.165) is 6.54 Å². The van der Waals surface area contributed by atoms with E-state index >= 15 is 0 Å². The van der Waals surface area contributed by atoms with Crippen molar-refractivity contribution in [1.29, 1.82) is 0 Å². The first-order chi connectivity index (χ1) is 4.43. The predicted molar refractivity (Wildman–Crippen MR) is 40.9 cm³/mol. The van der Waals surface area contributed by atoms with Crippen LogP contribution in [-0.4, -0.2) is 30.4 Å². The lowest BCUT2D eigenvalue weighted by molar-refractivity contribution is 0.203. The number of hydrogen-bond acceptors (Lipinski definition) is 1. The Morgan fingerprint density at radius 3 is 2.56 bits per heavy atom. The molecule has 1 aliphatic rings. The first-order valence-corrected chi connectivity index (χ1v) is 3.90. The summed E-state index contributed by atoms with van der Waals surface area (Å²) in [7, 11) is 0. The van der Waals surface area contributed by atoms with Crippen LogP contribution in [0.25, 0.3) is 0 Å². The minimum Gasteiger partial charge on any atom is -0.300 e. The molecule has 1 heterocycles. The van der Waals surface area contributed by atoms with Crippen molar-refractivity contribution in [3.05, 3.63) is 12.2 Å². The smallest absolute Gasteiger partial charge is 0.0404 e. The maximum absolute atomic E-state index is 5.44. The lowest BCUT2D eigenvalue weighted by atomic mass is 10.2. The van der Waals surface area contributed by atoms with E-state index < -0.39 is 0 Å². The Kier molecular flexibility index (Phi) is 3.09. The molecule has 1 rings (SSSR count). The normalized spacial score (nSPS) is 20.6. The van der Waals surface area contributed by atoms with Gasteiger partial charge in [0.05, 0.1) is 0 Å². The molecule has 0 N–H and O–H groups in total. The number of nitrogens with zero attached hydrogens (tertiary/aromatic N) is 1. The summed E-state index contributed by atoms with van der Waals surface area (Å²) in [5.41, 5.74) is 0. The van der Waals surface area contributed by atoms with Gasteiger partial charge in [-0.3, -0.25) is 4.90 Å². The average molecular weight is 146 g/mol. The standard InChI is InChI=1S/C7H12ClN/c8-4-1-2-5-9-6-3-7-9/h1-2H,3-7H2/b2-1+. The molecule has 0 aromatic rings. The van der Waals surface area contributed by atoms with Gasteiger partial charge in [-0.05, 0) is 19.5 Å². The van der Waals surface area contributed by atoms with Crippen LogP contribution in [-0.2, 0) is 0 Å². The minimum atomic E-state index is 0.647. The van der Waals surface area contributed by atoms with E-state index in [1.807, 2.05) is 6.08 Å². The SMILES string of the molecule is ClC/C=C/CN1CCC1. The lowest BCUT2D eigenvalue weighted by Crippen LogP contribution is -2.36. The zero-order valence-electron chi connectivity index (χ0n) is 5.52. The van der Waals surface area contributed by atoms with Crippen molar-refractivity contribution in [3.8, 4) is 0 Å². The molecule has 2 heteroatoms. The predicted octanol–water partition coefficient (Wildman–Crippen LogP) is 1.49. The zero-order valence-corrected chi connectivity index (χ0v) is 6.27. The number of alkyl halides is 1. The molecular formula is C7H12ClN. The maximum Gasteiger partial charge on any atom is 0.0404 e. The van der Waals surface area contributed by atoms with Gasteiger partial charge in [-0.25, -0.2) is 0 Å². The molecule has 1 aliphatic heterocycles. The Morgan fingerprint density at radius 1 is 1.33 bits per heavy atom. The van der Waals surface area contributed by atoms with E-state index in [1.54, 1.807) is 0 Å². The van der Waals surface area contributed by atoms with E-state index in [4.69, 9.17) is 11.6 Å². The monoisotopic (exact) mass is 145 g/mol. The van der Waals surface area contributed by atoms with Gasteiger partial charge in [-0.2, -0.15) is 0 Å². The van der Waals surface area contributed by atoms with Gasteiger partial charge in [-0.15, -0.1) is 11.6 Å². The fourth-order valence-corrected chi connectivity index (χ4v) is 0.977. The molecule has 1 nitrogen and oxygen atoms in total. The first kappa shape index (κ1) is 7.10. The molecule has 9 heavy (non-hydrogen) atoms. The molecule has 0 aromatic heterocycles. The molecule has 1 saturated heterocycles. The van der Waals surface area contributed by atoms with E-state index in [0.29, 0.717) is 5.88 Å². The Bertz CT molecular complexity index is 97.1. The van der Waals surface area contributed by atoms with Gasteiger partial charge in [0.1, 0.15) is 0 Å². The molecule has 0 amide bonds. The molecule has 0 radical (unpaired) electrons. The van der Waals surface area contributed by atoms with Crippen LogP contribution in [0.4, 0.5) is 0 Å². The Labute approximate surface area is 61.3 Å². The number of halogens is 1. The lowest BCUT2D eigenvalue weighted by Gasteiger charge is -2.29. The Hall–Kier alpha value is -0.0100. The maximum atomic E-state index is 5.44. The molecule has 0 aliphatic carbocycles. The highest BCUT2D eigenvalue weighted by atomic mass is 35.5. The molecule has 1 fully saturated rings. The quantitative estimate of drug-likeness (QED) is 0.430. The van der Waals surface area contributed by atoms with Gasteiger partial charge in [0, 0.05) is 12.4 Å². The topological polar surface area (TPSA) is 3.24 Å². The second-order valence-electron chi connectivity index (χ2n) is 2.28. The van der Waals surface area contributed by atoms with Crippen molar-refractivity contribution >= 4 is 11.6 Å². The molecular weight excluding hydrogens is 134 g/mol. The van der Waals surface area contributed by atoms with Crippen LogP contribution in [0.15, 0.2) is 12.2 Å². The van der Waals surface area contributed by atoms with Crippen molar-refractivity contribution in [2.24, 2.45) is 0 Å².